The standard InChI is InChI=1S/C15H28N6/c1-10-12(17-9-11-7-6-8-21(11)5)18-14(15(2,3)4)19-13(10)20-16/h11H,6-9,16H2,1-5H3,(H2,17,18,19,20). The summed E-state index contributed by atoms with van der Waals surface area (Å²) >= 11 is 0. The van der Waals surface area contributed by atoms with Gasteiger partial charge in [-0.15, -0.1) is 0 Å². The highest BCUT2D eigenvalue weighted by Crippen LogP contribution is 2.26. The Balaban J connectivity index is 2.21. The summed E-state index contributed by atoms with van der Waals surface area (Å²) in [5, 5.41) is 3.48. The smallest absolute Gasteiger partial charge is 0.148 e. The van der Waals surface area contributed by atoms with Crippen molar-refractivity contribution in [1.82, 2.24) is 14.9 Å². The molecule has 2 rings (SSSR count). The fourth-order valence-electron chi connectivity index (χ4n) is 2.62. The van der Waals surface area contributed by atoms with Gasteiger partial charge in [-0.05, 0) is 33.4 Å². The van der Waals surface area contributed by atoms with Crippen LogP contribution in [0.3, 0.4) is 0 Å². The van der Waals surface area contributed by atoms with Crippen molar-refractivity contribution in [3.8, 4) is 0 Å². The first-order chi connectivity index (χ1) is 9.82. The summed E-state index contributed by atoms with van der Waals surface area (Å²) in [5.41, 5.74) is 3.54. The molecule has 1 aliphatic heterocycles. The van der Waals surface area contributed by atoms with Crippen molar-refractivity contribution in [3.05, 3.63) is 11.4 Å². The Bertz CT molecular complexity index is 494. The number of anilines is 2. The van der Waals surface area contributed by atoms with Gasteiger partial charge in [-0.3, -0.25) is 0 Å². The molecule has 1 aliphatic rings. The van der Waals surface area contributed by atoms with E-state index in [4.69, 9.17) is 10.8 Å². The van der Waals surface area contributed by atoms with Crippen LogP contribution in [-0.4, -0.2) is 41.0 Å². The lowest BCUT2D eigenvalue weighted by molar-refractivity contribution is 0.322. The first kappa shape index (κ1) is 16.0. The van der Waals surface area contributed by atoms with Gasteiger partial charge in [0.25, 0.3) is 0 Å². The molecule has 0 radical (unpaired) electrons. The van der Waals surface area contributed by atoms with Crippen LogP contribution in [0.5, 0.6) is 0 Å². The first-order valence-corrected chi connectivity index (χ1v) is 7.62. The number of nitrogens with one attached hydrogen (secondary N) is 2. The molecule has 1 saturated heterocycles. The quantitative estimate of drug-likeness (QED) is 0.581. The monoisotopic (exact) mass is 292 g/mol. The summed E-state index contributed by atoms with van der Waals surface area (Å²) in [5.74, 6) is 7.96. The van der Waals surface area contributed by atoms with Gasteiger partial charge < -0.3 is 15.6 Å². The number of likely N-dealkylation sites (N-methyl/N-ethyl adjacent to an activating group) is 1. The van der Waals surface area contributed by atoms with E-state index in [0.29, 0.717) is 11.9 Å². The lowest BCUT2D eigenvalue weighted by atomic mass is 9.95. The lowest BCUT2D eigenvalue weighted by Gasteiger charge is -2.23. The molecule has 0 spiro atoms. The van der Waals surface area contributed by atoms with Gasteiger partial charge in [0.2, 0.25) is 0 Å². The zero-order valence-corrected chi connectivity index (χ0v) is 13.8. The molecule has 0 saturated carbocycles. The van der Waals surface area contributed by atoms with Crippen molar-refractivity contribution in [2.45, 2.75) is 52.0 Å². The van der Waals surface area contributed by atoms with Gasteiger partial charge in [-0.1, -0.05) is 20.8 Å². The maximum Gasteiger partial charge on any atom is 0.148 e. The van der Waals surface area contributed by atoms with Crippen molar-refractivity contribution in [1.29, 1.82) is 0 Å². The Hall–Kier alpha value is -1.40. The molecule has 1 unspecified atom stereocenters. The molecule has 6 nitrogen and oxygen atoms in total. The Kier molecular flexibility index (Phi) is 4.68. The van der Waals surface area contributed by atoms with E-state index in [1.54, 1.807) is 0 Å². The highest BCUT2D eigenvalue weighted by atomic mass is 15.3. The van der Waals surface area contributed by atoms with Crippen molar-refractivity contribution in [2.75, 3.05) is 30.9 Å². The van der Waals surface area contributed by atoms with Gasteiger partial charge in [0.05, 0.1) is 0 Å². The number of hydrogen-bond donors (Lipinski definition) is 3. The summed E-state index contributed by atoms with van der Waals surface area (Å²) in [6.07, 6.45) is 2.51. The fourth-order valence-corrected chi connectivity index (χ4v) is 2.62. The molecule has 1 atom stereocenters. The third-order valence-electron chi connectivity index (χ3n) is 4.13. The average Bonchev–Trinajstić information content (AvgIpc) is 2.82. The van der Waals surface area contributed by atoms with Gasteiger partial charge in [0.1, 0.15) is 17.5 Å². The molecule has 0 bridgehead atoms. The van der Waals surface area contributed by atoms with Crippen LogP contribution in [0.25, 0.3) is 0 Å². The van der Waals surface area contributed by atoms with Crippen molar-refractivity contribution < 1.29 is 0 Å². The third-order valence-corrected chi connectivity index (χ3v) is 4.13. The van der Waals surface area contributed by atoms with E-state index >= 15 is 0 Å². The van der Waals surface area contributed by atoms with Gasteiger partial charge in [0, 0.05) is 23.6 Å². The minimum atomic E-state index is -0.111. The van der Waals surface area contributed by atoms with Gasteiger partial charge in [0.15, 0.2) is 0 Å². The van der Waals surface area contributed by atoms with Crippen molar-refractivity contribution in [3.63, 3.8) is 0 Å². The number of nitrogens with two attached hydrogens (primary N) is 1. The molecule has 6 heteroatoms. The zero-order valence-electron chi connectivity index (χ0n) is 13.8. The summed E-state index contributed by atoms with van der Waals surface area (Å²) in [4.78, 5) is 11.6. The molecule has 4 N–H and O–H groups in total. The molecule has 1 aromatic heterocycles. The summed E-state index contributed by atoms with van der Waals surface area (Å²) < 4.78 is 0. The second-order valence-corrected chi connectivity index (χ2v) is 6.92. The molecule has 0 aromatic carbocycles. The highest BCUT2D eigenvalue weighted by Gasteiger charge is 2.23. The van der Waals surface area contributed by atoms with E-state index in [1.165, 1.54) is 19.4 Å². The lowest BCUT2D eigenvalue weighted by Crippen LogP contribution is -2.32. The highest BCUT2D eigenvalue weighted by molar-refractivity contribution is 5.57. The van der Waals surface area contributed by atoms with Gasteiger partial charge in [-0.25, -0.2) is 15.8 Å². The Morgan fingerprint density at radius 2 is 1.95 bits per heavy atom. The number of nitrogens with zero attached hydrogens (tertiary/aromatic N) is 3. The van der Waals surface area contributed by atoms with Crippen LogP contribution < -0.4 is 16.6 Å². The predicted molar refractivity (Wildman–Crippen MR) is 87.4 cm³/mol. The summed E-state index contributed by atoms with van der Waals surface area (Å²) in [6, 6.07) is 0.576. The molecule has 2 heterocycles. The van der Waals surface area contributed by atoms with E-state index in [0.717, 1.165) is 23.8 Å². The normalized spacial score (nSPS) is 19.8. The maximum absolute atomic E-state index is 5.60. The molecule has 0 aliphatic carbocycles. The number of hydrazine groups is 1. The Labute approximate surface area is 127 Å². The predicted octanol–water partition coefficient (Wildman–Crippen LogP) is 1.87. The van der Waals surface area contributed by atoms with E-state index in [1.807, 2.05) is 6.92 Å². The SMILES string of the molecule is Cc1c(NN)nc(C(C)(C)C)nc1NCC1CCCN1C. The molecular formula is C15H28N6. The number of nitrogen functional groups attached to an aromatic ring is 1. The van der Waals surface area contributed by atoms with Crippen LogP contribution in [0, 0.1) is 6.92 Å². The van der Waals surface area contributed by atoms with Crippen molar-refractivity contribution in [2.24, 2.45) is 5.84 Å². The summed E-state index contributed by atoms with van der Waals surface area (Å²) in [6.45, 7) is 10.4. The number of rotatable bonds is 4. The van der Waals surface area contributed by atoms with E-state index in [2.05, 4.69) is 48.4 Å². The first-order valence-electron chi connectivity index (χ1n) is 7.62. The number of likely N-dealkylation sites (tertiary alicyclic amines) is 1. The molecule has 118 valence electrons. The molecule has 1 fully saturated rings. The topological polar surface area (TPSA) is 79.1 Å². The average molecular weight is 292 g/mol. The molecule has 1 aromatic rings. The van der Waals surface area contributed by atoms with Crippen LogP contribution in [-0.2, 0) is 5.41 Å². The van der Waals surface area contributed by atoms with Gasteiger partial charge >= 0.3 is 0 Å². The fraction of sp³-hybridized carbons (Fsp3) is 0.733. The van der Waals surface area contributed by atoms with E-state index < -0.39 is 0 Å². The maximum atomic E-state index is 5.60. The van der Waals surface area contributed by atoms with Crippen LogP contribution in [0.2, 0.25) is 0 Å². The largest absolute Gasteiger partial charge is 0.368 e. The molecule has 21 heavy (non-hydrogen) atoms. The van der Waals surface area contributed by atoms with E-state index in [9.17, 15) is 0 Å². The van der Waals surface area contributed by atoms with E-state index in [-0.39, 0.29) is 5.41 Å². The number of hydrogen-bond acceptors (Lipinski definition) is 6. The Morgan fingerprint density at radius 3 is 2.48 bits per heavy atom. The third kappa shape index (κ3) is 3.63. The zero-order chi connectivity index (χ0) is 15.6. The molecular weight excluding hydrogens is 264 g/mol. The van der Waals surface area contributed by atoms with Crippen LogP contribution in [0.15, 0.2) is 0 Å². The van der Waals surface area contributed by atoms with Gasteiger partial charge in [-0.2, -0.15) is 0 Å². The van der Waals surface area contributed by atoms with Crippen molar-refractivity contribution >= 4 is 11.6 Å². The number of aromatic nitrogens is 2. The van der Waals surface area contributed by atoms with Crippen LogP contribution in [0.1, 0.15) is 45.0 Å². The van der Waals surface area contributed by atoms with Crippen LogP contribution >= 0.6 is 0 Å². The second-order valence-electron chi connectivity index (χ2n) is 6.92. The minimum absolute atomic E-state index is 0.111. The van der Waals surface area contributed by atoms with Crippen LogP contribution in [0.4, 0.5) is 11.6 Å². The molecule has 0 amide bonds. The summed E-state index contributed by atoms with van der Waals surface area (Å²) in [7, 11) is 2.18. The Morgan fingerprint density at radius 1 is 1.29 bits per heavy atom. The second kappa shape index (κ2) is 6.15. The minimum Gasteiger partial charge on any atom is -0.368 e.